The van der Waals surface area contributed by atoms with E-state index >= 15 is 0 Å². The molecule has 0 aliphatic carbocycles. The Morgan fingerprint density at radius 1 is 0.579 bits per heavy atom. The molecule has 0 bridgehead atoms. The van der Waals surface area contributed by atoms with E-state index in [1.165, 1.54) is 12.5 Å². The maximum Gasteiger partial charge on any atom is 0.243 e. The molecule has 0 radical (unpaired) electrons. The van der Waals surface area contributed by atoms with E-state index in [9.17, 15) is 38.4 Å². The molecule has 0 saturated heterocycles. The van der Waals surface area contributed by atoms with Crippen LogP contribution >= 0.6 is 0 Å². The summed E-state index contributed by atoms with van der Waals surface area (Å²) in [6.07, 6.45) is 5.80. The highest BCUT2D eigenvalue weighted by atomic mass is 16.2. The third-order valence-corrected chi connectivity index (χ3v) is 12.4. The number of hydrogen-bond donors (Lipinski definition) is 15. The van der Waals surface area contributed by atoms with Crippen LogP contribution in [0.4, 0.5) is 0 Å². The lowest BCUT2D eigenvalue weighted by atomic mass is 9.95. The molecule has 2 rings (SSSR count). The summed E-state index contributed by atoms with van der Waals surface area (Å²) in [5, 5.41) is 19.2. The highest BCUT2D eigenvalue weighted by Gasteiger charge is 2.35. The molecule has 0 aliphatic rings. The topological polar surface area (TPSA) is 456 Å². The number of H-pyrrole nitrogens is 1. The number of aromatic amines is 1. The smallest absolute Gasteiger partial charge is 0.243 e. The Morgan fingerprint density at radius 2 is 1.05 bits per heavy atom. The molecule has 9 atom stereocenters. The maximum atomic E-state index is 14.5. The highest BCUT2D eigenvalue weighted by Crippen LogP contribution is 2.14. The minimum absolute atomic E-state index is 0.0394. The zero-order valence-electron chi connectivity index (χ0n) is 44.8. The van der Waals surface area contributed by atoms with Crippen molar-refractivity contribution in [2.45, 2.75) is 166 Å². The van der Waals surface area contributed by atoms with Crippen LogP contribution in [0, 0.1) is 11.8 Å². The number of guanidine groups is 2. The van der Waals surface area contributed by atoms with Gasteiger partial charge in [0, 0.05) is 37.8 Å². The number of nitrogens with zero attached hydrogens (tertiary/aromatic N) is 3. The van der Waals surface area contributed by atoms with Crippen molar-refractivity contribution >= 4 is 59.2 Å². The lowest BCUT2D eigenvalue weighted by Gasteiger charge is -2.30. The lowest BCUT2D eigenvalue weighted by molar-refractivity contribution is -0.136. The highest BCUT2D eigenvalue weighted by molar-refractivity contribution is 5.98. The molecule has 76 heavy (non-hydrogen) atoms. The zero-order chi connectivity index (χ0) is 56.7. The van der Waals surface area contributed by atoms with Gasteiger partial charge >= 0.3 is 0 Å². The van der Waals surface area contributed by atoms with Crippen LogP contribution in [0.25, 0.3) is 0 Å². The van der Waals surface area contributed by atoms with Crippen LogP contribution in [0.5, 0.6) is 0 Å². The van der Waals surface area contributed by atoms with Crippen molar-refractivity contribution in [3.05, 3.63) is 54.1 Å². The first kappa shape index (κ1) is 64.8. The van der Waals surface area contributed by atoms with Crippen molar-refractivity contribution in [1.29, 1.82) is 0 Å². The number of nitrogens with two attached hydrogens (primary N) is 7. The molecular formula is C50H86N18O8. The van der Waals surface area contributed by atoms with Crippen molar-refractivity contribution in [2.75, 3.05) is 19.6 Å². The van der Waals surface area contributed by atoms with Gasteiger partial charge in [0.15, 0.2) is 11.9 Å². The Kier molecular flexibility index (Phi) is 29.8. The predicted molar refractivity (Wildman–Crippen MR) is 290 cm³/mol. The summed E-state index contributed by atoms with van der Waals surface area (Å²) < 4.78 is 0. The third kappa shape index (κ3) is 24.8. The van der Waals surface area contributed by atoms with Gasteiger partial charge in [0.05, 0.1) is 12.4 Å². The molecule has 0 saturated carbocycles. The lowest BCUT2D eigenvalue weighted by Crippen LogP contribution is -2.61. The predicted octanol–water partition coefficient (Wildman–Crippen LogP) is -2.47. The number of carbonyl (C=O) groups excluding carboxylic acids is 8. The Labute approximate surface area is 445 Å². The molecule has 0 aliphatic heterocycles. The molecule has 26 heteroatoms. The van der Waals surface area contributed by atoms with Gasteiger partial charge in [0.25, 0.3) is 0 Å². The summed E-state index contributed by atoms with van der Waals surface area (Å²) in [7, 11) is 0. The first-order valence-electron chi connectivity index (χ1n) is 26.1. The maximum absolute atomic E-state index is 14.5. The Hall–Kier alpha value is -7.35. The minimum Gasteiger partial charge on any atom is -0.370 e. The van der Waals surface area contributed by atoms with Gasteiger partial charge in [0.2, 0.25) is 47.3 Å². The van der Waals surface area contributed by atoms with Gasteiger partial charge in [-0.05, 0) is 81.7 Å². The van der Waals surface area contributed by atoms with E-state index < -0.39 is 102 Å². The quantitative estimate of drug-likeness (QED) is 0.0189. The third-order valence-electron chi connectivity index (χ3n) is 12.4. The normalized spacial score (nSPS) is 14.6. The largest absolute Gasteiger partial charge is 0.370 e. The molecule has 424 valence electrons. The summed E-state index contributed by atoms with van der Waals surface area (Å²) in [5.74, 6) is -6.66. The molecule has 1 aromatic heterocycles. The number of aromatic nitrogens is 2. The zero-order valence-corrected chi connectivity index (χ0v) is 44.8. The van der Waals surface area contributed by atoms with E-state index in [4.69, 9.17) is 40.1 Å². The average Bonchev–Trinajstić information content (AvgIpc) is 3.89. The summed E-state index contributed by atoms with van der Waals surface area (Å²) in [5.41, 5.74) is 41.3. The Morgan fingerprint density at radius 3 is 1.50 bits per heavy atom. The number of primary amides is 1. The van der Waals surface area contributed by atoms with Crippen LogP contribution in [0.1, 0.15) is 117 Å². The van der Waals surface area contributed by atoms with Crippen molar-refractivity contribution in [1.82, 2.24) is 47.2 Å². The standard InChI is InChI=1S/C50H86N18O8/c1-6-15-34(62-42(70)33(52)26-32-27-58-28-61-32)43(71)63-35(18-11-12-21-51)44(72)64-36(19-13-22-59-49(54)55)45(73)65-37(20-14-23-60-50(56)57)46(74)67-39(24-29(3)4)47(75)68-40(30(5)7-2)48(76)66-38(41(53)69)25-31-16-9-8-10-17-31/h8-10,16-17,27-30,33-40H,6-7,11-15,18-26,51-52H2,1-5H3,(H2,53,69)(H,58,61)(H,62,70)(H,63,71)(H,64,72)(H,65,73)(H,66,76)(H,67,74)(H,68,75)(H4,54,55,59)(H4,56,57,60)/t30-,33-,34-,35-,36-,37-,38-,39-,40-/m0/s1. The minimum atomic E-state index is -1.33. The van der Waals surface area contributed by atoms with Crippen molar-refractivity contribution < 1.29 is 38.4 Å². The number of carbonyl (C=O) groups is 8. The van der Waals surface area contributed by atoms with Crippen LogP contribution in [0.3, 0.4) is 0 Å². The number of amides is 8. The second-order valence-electron chi connectivity index (χ2n) is 19.3. The molecule has 26 nitrogen and oxygen atoms in total. The van der Waals surface area contributed by atoms with E-state index in [0.717, 1.165) is 5.56 Å². The number of nitrogens with one attached hydrogen (secondary N) is 8. The SMILES string of the molecule is CCC[C@H](NC(=O)[C@@H](N)Cc1cnc[nH]1)C(=O)N[C@@H](CCCCN)C(=O)N[C@@H](CCCN=C(N)N)C(=O)N[C@@H](CCCN=C(N)N)C(=O)N[C@@H](CC(C)C)C(=O)N[C@H](C(=O)N[C@@H](Cc1ccccc1)C(N)=O)[C@@H](C)CC. The van der Waals surface area contributed by atoms with Gasteiger partial charge < -0.3 is 82.3 Å². The van der Waals surface area contributed by atoms with Crippen LogP contribution < -0.4 is 77.4 Å². The van der Waals surface area contributed by atoms with Crippen LogP contribution in [0.2, 0.25) is 0 Å². The van der Waals surface area contributed by atoms with Gasteiger partial charge in [-0.15, -0.1) is 0 Å². The molecule has 0 fully saturated rings. The molecule has 22 N–H and O–H groups in total. The van der Waals surface area contributed by atoms with E-state index in [1.54, 1.807) is 31.2 Å². The fourth-order valence-electron chi connectivity index (χ4n) is 7.95. The molecule has 1 aromatic carbocycles. The van der Waals surface area contributed by atoms with Crippen molar-refractivity contribution in [3.63, 3.8) is 0 Å². The Balaban J connectivity index is 2.46. The van der Waals surface area contributed by atoms with Gasteiger partial charge in [-0.25, -0.2) is 4.98 Å². The number of hydrogen-bond acceptors (Lipinski definition) is 13. The fourth-order valence-corrected chi connectivity index (χ4v) is 7.95. The number of benzene rings is 1. The first-order valence-corrected chi connectivity index (χ1v) is 26.1. The summed E-state index contributed by atoms with van der Waals surface area (Å²) >= 11 is 0. The number of imidazole rings is 1. The summed E-state index contributed by atoms with van der Waals surface area (Å²) in [4.78, 5) is 126. The first-order chi connectivity index (χ1) is 36.1. The van der Waals surface area contributed by atoms with E-state index in [0.29, 0.717) is 37.9 Å². The monoisotopic (exact) mass is 1070 g/mol. The molecular weight excluding hydrogens is 981 g/mol. The van der Waals surface area contributed by atoms with Gasteiger partial charge in [-0.3, -0.25) is 48.3 Å². The molecule has 1 heterocycles. The van der Waals surface area contributed by atoms with Crippen LogP contribution in [0.15, 0.2) is 52.8 Å². The average molecular weight is 1070 g/mol. The van der Waals surface area contributed by atoms with E-state index in [1.807, 2.05) is 33.8 Å². The summed E-state index contributed by atoms with van der Waals surface area (Å²) in [6, 6.07) is -0.419. The second kappa shape index (κ2) is 35.0. The van der Waals surface area contributed by atoms with Gasteiger partial charge in [0.1, 0.15) is 42.3 Å². The van der Waals surface area contributed by atoms with Gasteiger partial charge in [-0.1, -0.05) is 77.8 Å². The number of rotatable bonds is 37. The molecule has 2 aromatic rings. The number of aliphatic imine (C=N–C) groups is 2. The Bertz CT molecular complexity index is 2190. The van der Waals surface area contributed by atoms with Crippen LogP contribution in [-0.2, 0) is 51.2 Å². The van der Waals surface area contributed by atoms with Crippen molar-refractivity contribution in [3.8, 4) is 0 Å². The van der Waals surface area contributed by atoms with E-state index in [2.05, 4.69) is 57.2 Å². The van der Waals surface area contributed by atoms with Gasteiger partial charge in [-0.2, -0.15) is 0 Å². The van der Waals surface area contributed by atoms with Crippen molar-refractivity contribution in [2.24, 2.45) is 62.0 Å². The molecule has 0 spiro atoms. The summed E-state index contributed by atoms with van der Waals surface area (Å²) in [6.45, 7) is 9.52. The van der Waals surface area contributed by atoms with E-state index in [-0.39, 0.29) is 88.7 Å². The fraction of sp³-hybridized carbons (Fsp3) is 0.620. The second-order valence-corrected chi connectivity index (χ2v) is 19.3. The molecule has 8 amide bonds. The molecule has 0 unspecified atom stereocenters. The number of unbranched alkanes of at least 4 members (excludes halogenated alkanes) is 1. The van der Waals surface area contributed by atoms with Crippen LogP contribution in [-0.4, -0.2) is 137 Å².